The Morgan fingerprint density at radius 2 is 1.00 bits per heavy atom. The maximum Gasteiger partial charge on any atom is 0.293 e. The number of carbonyl (C=O) groups is 2. The fourth-order valence-corrected chi connectivity index (χ4v) is 6.55. The van der Waals surface area contributed by atoms with Crippen LogP contribution in [-0.2, 0) is 0 Å². The molecule has 10 nitrogen and oxygen atoms in total. The van der Waals surface area contributed by atoms with Crippen molar-refractivity contribution in [1.82, 2.24) is 39.3 Å². The molecular weight excluding hydrogens is 642 g/mol. The summed E-state index contributed by atoms with van der Waals surface area (Å²) in [6.07, 6.45) is -6.91. The van der Waals surface area contributed by atoms with Crippen molar-refractivity contribution in [2.24, 2.45) is 0 Å². The van der Waals surface area contributed by atoms with Crippen molar-refractivity contribution in [3.63, 3.8) is 0 Å². The summed E-state index contributed by atoms with van der Waals surface area (Å²) in [5.74, 6) is -1.57. The van der Waals surface area contributed by atoms with Crippen LogP contribution in [0.25, 0.3) is 0 Å². The summed E-state index contributed by atoms with van der Waals surface area (Å²) in [7, 11) is 0. The topological polar surface area (TPSA) is 102 Å². The highest BCUT2D eigenvalue weighted by molar-refractivity contribution is 5.91. The van der Waals surface area contributed by atoms with E-state index >= 15 is 0 Å². The highest BCUT2D eigenvalue weighted by Crippen LogP contribution is 2.41. The molecule has 4 aliphatic rings. The van der Waals surface area contributed by atoms with E-state index in [2.05, 4.69) is 20.2 Å². The van der Waals surface area contributed by atoms with Gasteiger partial charge in [0.15, 0.2) is 24.0 Å². The molecule has 0 spiro atoms. The van der Waals surface area contributed by atoms with E-state index in [-0.39, 0.29) is 74.2 Å². The molecule has 2 saturated heterocycles. The number of hydrogen-bond donors (Lipinski definition) is 0. The molecular formula is C32H30F6N8O2. The van der Waals surface area contributed by atoms with Crippen LogP contribution in [-0.4, -0.2) is 89.2 Å². The van der Waals surface area contributed by atoms with Crippen molar-refractivity contribution in [3.8, 4) is 0 Å². The van der Waals surface area contributed by atoms with E-state index < -0.39 is 49.1 Å². The molecule has 2 aromatic carbocycles. The van der Waals surface area contributed by atoms with Gasteiger partial charge in [-0.1, -0.05) is 60.7 Å². The van der Waals surface area contributed by atoms with Crippen LogP contribution < -0.4 is 0 Å². The summed E-state index contributed by atoms with van der Waals surface area (Å²) >= 11 is 0. The smallest absolute Gasteiger partial charge is 0.293 e. The normalized spacial score (nSPS) is 25.7. The first-order valence-corrected chi connectivity index (χ1v) is 15.6. The molecule has 2 amide bonds. The van der Waals surface area contributed by atoms with Crippen LogP contribution in [0.4, 0.5) is 26.3 Å². The molecule has 6 heterocycles. The molecule has 0 aliphatic carbocycles. The Bertz CT molecular complexity index is 1660. The number of nitrogens with zero attached hydrogens (tertiary/aromatic N) is 8. The first kappa shape index (κ1) is 31.8. The Hall–Kier alpha value is -4.76. The van der Waals surface area contributed by atoms with Gasteiger partial charge in [-0.3, -0.25) is 9.59 Å². The molecule has 4 aliphatic heterocycles. The van der Waals surface area contributed by atoms with Gasteiger partial charge in [0, 0.05) is 25.9 Å². The minimum absolute atomic E-state index is 0.0846. The number of benzene rings is 2. The molecule has 2 fully saturated rings. The number of hydrogen-bond acceptors (Lipinski definition) is 6. The highest BCUT2D eigenvalue weighted by atomic mass is 19.3. The molecule has 0 saturated carbocycles. The van der Waals surface area contributed by atoms with E-state index in [1.54, 1.807) is 0 Å². The first-order chi connectivity index (χ1) is 23.1. The fraction of sp³-hybridized carbons (Fsp3) is 0.438. The predicted molar refractivity (Wildman–Crippen MR) is 157 cm³/mol. The Labute approximate surface area is 270 Å². The van der Waals surface area contributed by atoms with Crippen molar-refractivity contribution in [2.75, 3.05) is 13.1 Å². The Kier molecular flexibility index (Phi) is 8.41. The molecule has 252 valence electrons. The van der Waals surface area contributed by atoms with Gasteiger partial charge in [-0.05, 0) is 24.0 Å². The largest absolute Gasteiger partial charge is 0.327 e. The van der Waals surface area contributed by atoms with Crippen molar-refractivity contribution in [1.29, 1.82) is 0 Å². The summed E-state index contributed by atoms with van der Waals surface area (Å²) < 4.78 is 82.6. The van der Waals surface area contributed by atoms with E-state index in [4.69, 9.17) is 0 Å². The molecule has 16 heteroatoms. The summed E-state index contributed by atoms with van der Waals surface area (Å²) in [6, 6.07) is 15.7. The summed E-state index contributed by atoms with van der Waals surface area (Å²) in [5.41, 5.74) is 1.74. The van der Waals surface area contributed by atoms with E-state index in [9.17, 15) is 35.9 Å². The first-order valence-electron chi connectivity index (χ1n) is 15.6. The third kappa shape index (κ3) is 5.60. The van der Waals surface area contributed by atoms with E-state index in [0.717, 1.165) is 20.9 Å². The van der Waals surface area contributed by atoms with Gasteiger partial charge in [0.25, 0.3) is 24.7 Å². The van der Waals surface area contributed by atoms with Crippen LogP contribution in [0.5, 0.6) is 0 Å². The van der Waals surface area contributed by atoms with Gasteiger partial charge in [0.05, 0.1) is 24.2 Å². The number of rotatable bonds is 6. The third-order valence-corrected chi connectivity index (χ3v) is 9.31. The molecule has 8 rings (SSSR count). The monoisotopic (exact) mass is 672 g/mol. The van der Waals surface area contributed by atoms with Crippen LogP contribution in [0.3, 0.4) is 0 Å². The van der Waals surface area contributed by atoms with Crippen LogP contribution in [0, 0.1) is 0 Å². The van der Waals surface area contributed by atoms with Gasteiger partial charge in [-0.25, -0.2) is 45.7 Å². The van der Waals surface area contributed by atoms with Crippen LogP contribution in [0.2, 0.25) is 0 Å². The number of carbonyl (C=O) groups excluding carboxylic acids is 2. The second-order valence-corrected chi connectivity index (χ2v) is 12.1. The minimum atomic E-state index is -2.59. The molecule has 6 atom stereocenters. The van der Waals surface area contributed by atoms with Crippen molar-refractivity contribution in [3.05, 3.63) is 95.1 Å². The molecule has 0 N–H and O–H groups in total. The molecule has 0 bridgehead atoms. The lowest BCUT2D eigenvalue weighted by Gasteiger charge is -2.39. The zero-order chi connectivity index (χ0) is 33.7. The van der Waals surface area contributed by atoms with Crippen LogP contribution in [0.1, 0.15) is 94.1 Å². The van der Waals surface area contributed by atoms with Gasteiger partial charge in [-0.2, -0.15) is 0 Å². The zero-order valence-corrected chi connectivity index (χ0v) is 25.3. The second-order valence-electron chi connectivity index (χ2n) is 12.1. The predicted octanol–water partition coefficient (Wildman–Crippen LogP) is 5.52. The third-order valence-electron chi connectivity index (χ3n) is 9.31. The number of aromatic nitrogens is 6. The van der Waals surface area contributed by atoms with Crippen LogP contribution in [0.15, 0.2) is 60.7 Å². The van der Waals surface area contributed by atoms with Gasteiger partial charge >= 0.3 is 0 Å². The van der Waals surface area contributed by atoms with Gasteiger partial charge in [0.2, 0.25) is 11.6 Å². The molecule has 0 unspecified atom stereocenters. The molecule has 0 radical (unpaired) electrons. The number of likely N-dealkylation sites (tertiary alicyclic amines) is 2. The van der Waals surface area contributed by atoms with Gasteiger partial charge in [-0.15, -0.1) is 10.2 Å². The Morgan fingerprint density at radius 1 is 0.625 bits per heavy atom. The van der Waals surface area contributed by atoms with Gasteiger partial charge in [0.1, 0.15) is 0 Å². The quantitative estimate of drug-likeness (QED) is 0.250. The average molecular weight is 673 g/mol. The summed E-state index contributed by atoms with van der Waals surface area (Å²) in [4.78, 5) is 34.7. The lowest BCUT2D eigenvalue weighted by Crippen LogP contribution is -2.54. The van der Waals surface area contributed by atoms with Crippen molar-refractivity contribution in [2.45, 2.75) is 75.0 Å². The standard InChI is InChI=1S/2C16H15F3N4O/c2*17-10-8-12(9-4-2-1-3-5-9)23-15(10)20-14(21-23)16(24)22-7-6-11(22)13(18)19/h2*1-5,10-13H,6-8H2/t10-,11+,12-;10-,11-,12-/m00/s1. The van der Waals surface area contributed by atoms with E-state index in [1.165, 1.54) is 9.36 Å². The summed E-state index contributed by atoms with van der Waals surface area (Å²) in [6.45, 7) is 0.498. The molecule has 2 aromatic heterocycles. The Morgan fingerprint density at radius 3 is 1.31 bits per heavy atom. The summed E-state index contributed by atoms with van der Waals surface area (Å²) in [5, 5.41) is 8.25. The zero-order valence-electron chi connectivity index (χ0n) is 25.3. The minimum Gasteiger partial charge on any atom is -0.327 e. The van der Waals surface area contributed by atoms with Crippen molar-refractivity contribution >= 4 is 11.8 Å². The number of amides is 2. The molecule has 48 heavy (non-hydrogen) atoms. The number of fused-ring (bicyclic) bond motifs is 2. The fourth-order valence-electron chi connectivity index (χ4n) is 6.55. The van der Waals surface area contributed by atoms with E-state index in [1.807, 2.05) is 60.7 Å². The van der Waals surface area contributed by atoms with E-state index in [0.29, 0.717) is 0 Å². The maximum atomic E-state index is 14.3. The molecule has 4 aromatic rings. The SMILES string of the molecule is O=C(c1nc2n(n1)[C@H](c1ccccc1)C[C@@H]2F)N1CC[C@@H]1C(F)F.O=C(c1nc2n(n1)[C@H](c1ccccc1)C[C@@H]2F)N1CC[C@H]1C(F)F. The lowest BCUT2D eigenvalue weighted by atomic mass is 10.0. The highest BCUT2D eigenvalue weighted by Gasteiger charge is 2.44. The lowest BCUT2D eigenvalue weighted by molar-refractivity contribution is -0.0226. The maximum absolute atomic E-state index is 14.3. The Balaban J connectivity index is 0.000000152. The average Bonchev–Trinajstić information content (AvgIpc) is 3.79. The van der Waals surface area contributed by atoms with Crippen molar-refractivity contribution < 1.29 is 35.9 Å². The number of alkyl halides is 6. The van der Waals surface area contributed by atoms with Crippen LogP contribution >= 0.6 is 0 Å². The number of halogens is 6. The van der Waals surface area contributed by atoms with Gasteiger partial charge < -0.3 is 9.80 Å². The second kappa shape index (κ2) is 12.7.